The third-order valence-electron chi connectivity index (χ3n) is 3.14. The number of benzene rings is 1. The van der Waals surface area contributed by atoms with E-state index < -0.39 is 0 Å². The van der Waals surface area contributed by atoms with Crippen LogP contribution in [-0.2, 0) is 13.0 Å². The zero-order valence-electron chi connectivity index (χ0n) is 12.2. The SMILES string of the molecule is CCCc1noc(COc2cccc(C(C)NC)c2)n1. The fourth-order valence-electron chi connectivity index (χ4n) is 1.86. The van der Waals surface area contributed by atoms with E-state index in [4.69, 9.17) is 9.26 Å². The lowest BCUT2D eigenvalue weighted by atomic mass is 10.1. The fraction of sp³-hybridized carbons (Fsp3) is 0.467. The van der Waals surface area contributed by atoms with Gasteiger partial charge < -0.3 is 14.6 Å². The Balaban J connectivity index is 1.96. The number of nitrogens with one attached hydrogen (secondary N) is 1. The molecule has 0 radical (unpaired) electrons. The summed E-state index contributed by atoms with van der Waals surface area (Å²) >= 11 is 0. The first-order valence-corrected chi connectivity index (χ1v) is 6.94. The summed E-state index contributed by atoms with van der Waals surface area (Å²) < 4.78 is 10.8. The third-order valence-corrected chi connectivity index (χ3v) is 3.14. The highest BCUT2D eigenvalue weighted by molar-refractivity contribution is 5.30. The molecular weight excluding hydrogens is 254 g/mol. The monoisotopic (exact) mass is 275 g/mol. The first-order chi connectivity index (χ1) is 9.72. The lowest BCUT2D eigenvalue weighted by Gasteiger charge is -2.12. The summed E-state index contributed by atoms with van der Waals surface area (Å²) in [5.74, 6) is 2.06. The number of nitrogens with zero attached hydrogens (tertiary/aromatic N) is 2. The molecule has 5 nitrogen and oxygen atoms in total. The molecule has 0 bridgehead atoms. The standard InChI is InChI=1S/C15H21N3O2/c1-4-6-14-17-15(20-18-14)10-19-13-8-5-7-12(9-13)11(2)16-3/h5,7-9,11,16H,4,6,10H2,1-3H3. The highest BCUT2D eigenvalue weighted by Crippen LogP contribution is 2.19. The Morgan fingerprint density at radius 2 is 2.25 bits per heavy atom. The Labute approximate surface area is 119 Å². The van der Waals surface area contributed by atoms with Crippen LogP contribution in [0, 0.1) is 0 Å². The fourth-order valence-corrected chi connectivity index (χ4v) is 1.86. The number of hydrogen-bond donors (Lipinski definition) is 1. The average Bonchev–Trinajstić information content (AvgIpc) is 2.93. The molecule has 1 N–H and O–H groups in total. The first kappa shape index (κ1) is 14.5. The molecule has 0 saturated heterocycles. The largest absolute Gasteiger partial charge is 0.484 e. The molecule has 5 heteroatoms. The van der Waals surface area contributed by atoms with E-state index in [1.165, 1.54) is 5.56 Å². The molecule has 1 aromatic carbocycles. The second-order valence-electron chi connectivity index (χ2n) is 4.73. The van der Waals surface area contributed by atoms with Crippen molar-refractivity contribution in [1.82, 2.24) is 15.5 Å². The van der Waals surface area contributed by atoms with E-state index in [2.05, 4.69) is 35.4 Å². The van der Waals surface area contributed by atoms with Gasteiger partial charge in [-0.15, -0.1) is 0 Å². The number of ether oxygens (including phenoxy) is 1. The van der Waals surface area contributed by atoms with E-state index >= 15 is 0 Å². The molecular formula is C15H21N3O2. The van der Waals surface area contributed by atoms with Crippen molar-refractivity contribution in [3.63, 3.8) is 0 Å². The summed E-state index contributed by atoms with van der Waals surface area (Å²) in [6, 6.07) is 8.28. The molecule has 0 amide bonds. The van der Waals surface area contributed by atoms with E-state index in [9.17, 15) is 0 Å². The molecule has 20 heavy (non-hydrogen) atoms. The van der Waals surface area contributed by atoms with Gasteiger partial charge in [0.1, 0.15) is 5.75 Å². The van der Waals surface area contributed by atoms with E-state index in [1.54, 1.807) is 0 Å². The maximum Gasteiger partial charge on any atom is 0.264 e. The number of aryl methyl sites for hydroxylation is 1. The molecule has 0 aliphatic heterocycles. The number of rotatable bonds is 7. The predicted octanol–water partition coefficient (Wildman–Crippen LogP) is 2.88. The molecule has 2 aromatic rings. The Bertz CT molecular complexity index is 539. The van der Waals surface area contributed by atoms with Crippen LogP contribution < -0.4 is 10.1 Å². The van der Waals surface area contributed by atoms with Crippen molar-refractivity contribution in [3.05, 3.63) is 41.5 Å². The molecule has 0 spiro atoms. The molecule has 108 valence electrons. The Morgan fingerprint density at radius 1 is 1.40 bits per heavy atom. The van der Waals surface area contributed by atoms with Crippen LogP contribution in [-0.4, -0.2) is 17.2 Å². The summed E-state index contributed by atoms with van der Waals surface area (Å²) in [5.41, 5.74) is 1.18. The van der Waals surface area contributed by atoms with Crippen molar-refractivity contribution < 1.29 is 9.26 Å². The second-order valence-corrected chi connectivity index (χ2v) is 4.73. The van der Waals surface area contributed by atoms with E-state index in [0.29, 0.717) is 12.5 Å². The average molecular weight is 275 g/mol. The van der Waals surface area contributed by atoms with Gasteiger partial charge in [-0.1, -0.05) is 24.2 Å². The van der Waals surface area contributed by atoms with Crippen molar-refractivity contribution in [2.75, 3.05) is 7.05 Å². The number of aromatic nitrogens is 2. The van der Waals surface area contributed by atoms with Crippen molar-refractivity contribution >= 4 is 0 Å². The Morgan fingerprint density at radius 3 is 3.00 bits per heavy atom. The third kappa shape index (κ3) is 3.81. The van der Waals surface area contributed by atoms with Crippen LogP contribution in [0.3, 0.4) is 0 Å². The molecule has 0 fully saturated rings. The summed E-state index contributed by atoms with van der Waals surface area (Å²) in [4.78, 5) is 4.27. The van der Waals surface area contributed by atoms with Gasteiger partial charge in [0.15, 0.2) is 12.4 Å². The predicted molar refractivity (Wildman–Crippen MR) is 76.5 cm³/mol. The van der Waals surface area contributed by atoms with Crippen LogP contribution in [0.25, 0.3) is 0 Å². The molecule has 1 atom stereocenters. The quantitative estimate of drug-likeness (QED) is 0.842. The van der Waals surface area contributed by atoms with Gasteiger partial charge in [0.2, 0.25) is 0 Å². The molecule has 1 aromatic heterocycles. The number of hydrogen-bond acceptors (Lipinski definition) is 5. The highest BCUT2D eigenvalue weighted by Gasteiger charge is 2.07. The van der Waals surface area contributed by atoms with Gasteiger partial charge in [0.25, 0.3) is 5.89 Å². The molecule has 1 heterocycles. The van der Waals surface area contributed by atoms with Gasteiger partial charge in [-0.2, -0.15) is 4.98 Å². The van der Waals surface area contributed by atoms with Crippen molar-refractivity contribution in [1.29, 1.82) is 0 Å². The van der Waals surface area contributed by atoms with Crippen LogP contribution in [0.5, 0.6) is 5.75 Å². The van der Waals surface area contributed by atoms with Crippen LogP contribution in [0.2, 0.25) is 0 Å². The zero-order valence-corrected chi connectivity index (χ0v) is 12.2. The van der Waals surface area contributed by atoms with Gasteiger partial charge >= 0.3 is 0 Å². The van der Waals surface area contributed by atoms with Crippen molar-refractivity contribution in [2.24, 2.45) is 0 Å². The Hall–Kier alpha value is -1.88. The van der Waals surface area contributed by atoms with Crippen molar-refractivity contribution in [3.8, 4) is 5.75 Å². The van der Waals surface area contributed by atoms with Crippen LogP contribution in [0.4, 0.5) is 0 Å². The summed E-state index contributed by atoms with van der Waals surface area (Å²) in [6.07, 6.45) is 1.84. The molecule has 0 aliphatic carbocycles. The van der Waals surface area contributed by atoms with E-state index in [0.717, 1.165) is 24.4 Å². The van der Waals surface area contributed by atoms with E-state index in [-0.39, 0.29) is 6.04 Å². The van der Waals surface area contributed by atoms with Crippen molar-refractivity contribution in [2.45, 2.75) is 39.3 Å². The topological polar surface area (TPSA) is 60.2 Å². The van der Waals surface area contributed by atoms with Gasteiger partial charge in [0, 0.05) is 12.5 Å². The maximum absolute atomic E-state index is 5.69. The summed E-state index contributed by atoms with van der Waals surface area (Å²) in [7, 11) is 1.94. The molecule has 0 aliphatic rings. The minimum atomic E-state index is 0.290. The Kier molecular flexibility index (Phi) is 5.12. The van der Waals surface area contributed by atoms with Gasteiger partial charge in [-0.05, 0) is 38.1 Å². The lowest BCUT2D eigenvalue weighted by Crippen LogP contribution is -2.12. The maximum atomic E-state index is 5.69. The summed E-state index contributed by atoms with van der Waals surface area (Å²) in [6.45, 7) is 4.49. The zero-order chi connectivity index (χ0) is 14.4. The highest BCUT2D eigenvalue weighted by atomic mass is 16.5. The molecule has 0 saturated carbocycles. The van der Waals surface area contributed by atoms with E-state index in [1.807, 2.05) is 25.2 Å². The first-order valence-electron chi connectivity index (χ1n) is 6.94. The molecule has 2 rings (SSSR count). The molecule has 1 unspecified atom stereocenters. The minimum Gasteiger partial charge on any atom is -0.484 e. The van der Waals surface area contributed by atoms with Gasteiger partial charge in [0.05, 0.1) is 0 Å². The summed E-state index contributed by atoms with van der Waals surface area (Å²) in [5, 5.41) is 7.10. The van der Waals surface area contributed by atoms with Crippen LogP contribution in [0.15, 0.2) is 28.8 Å². The van der Waals surface area contributed by atoms with Gasteiger partial charge in [-0.25, -0.2) is 0 Å². The van der Waals surface area contributed by atoms with Crippen LogP contribution >= 0.6 is 0 Å². The lowest BCUT2D eigenvalue weighted by molar-refractivity contribution is 0.242. The second kappa shape index (κ2) is 7.05. The normalized spacial score (nSPS) is 12.3. The minimum absolute atomic E-state index is 0.290. The smallest absolute Gasteiger partial charge is 0.264 e. The van der Waals surface area contributed by atoms with Crippen LogP contribution in [0.1, 0.15) is 43.6 Å². The van der Waals surface area contributed by atoms with Gasteiger partial charge in [-0.3, -0.25) is 0 Å².